The van der Waals surface area contributed by atoms with E-state index in [2.05, 4.69) is 47.3 Å². The topological polar surface area (TPSA) is 58.3 Å². The van der Waals surface area contributed by atoms with Crippen LogP contribution in [0, 0.1) is 0 Å². The van der Waals surface area contributed by atoms with Crippen LogP contribution in [0.25, 0.3) is 5.82 Å². The third-order valence-electron chi connectivity index (χ3n) is 3.94. The van der Waals surface area contributed by atoms with Crippen LogP contribution in [0.5, 0.6) is 0 Å². The Bertz CT molecular complexity index is 875. The van der Waals surface area contributed by atoms with Crippen molar-refractivity contribution in [2.75, 3.05) is 14.1 Å². The summed E-state index contributed by atoms with van der Waals surface area (Å²) in [4.78, 5) is 10.8. The zero-order valence-electron chi connectivity index (χ0n) is 14.8. The van der Waals surface area contributed by atoms with E-state index in [4.69, 9.17) is 0 Å². The van der Waals surface area contributed by atoms with Crippen molar-refractivity contribution >= 4 is 21.9 Å². The van der Waals surface area contributed by atoms with Gasteiger partial charge in [0.1, 0.15) is 0 Å². The predicted molar refractivity (Wildman–Crippen MR) is 107 cm³/mol. The summed E-state index contributed by atoms with van der Waals surface area (Å²) in [7, 11) is 3.82. The first-order valence-corrected chi connectivity index (χ1v) is 9.07. The fourth-order valence-electron chi connectivity index (χ4n) is 2.62. The lowest BCUT2D eigenvalue weighted by Gasteiger charge is -2.22. The molecule has 3 rings (SSSR count). The molecule has 3 aromatic rings. The Morgan fingerprint density at radius 1 is 1.23 bits per heavy atom. The van der Waals surface area contributed by atoms with Crippen LogP contribution in [0.3, 0.4) is 0 Å². The highest BCUT2D eigenvalue weighted by molar-refractivity contribution is 9.10. The third kappa shape index (κ3) is 4.49. The molecule has 1 aromatic carbocycles. The molecule has 0 unspecified atom stereocenters. The fraction of sp³-hybridized carbons (Fsp3) is 0.211. The summed E-state index contributed by atoms with van der Waals surface area (Å²) < 4.78 is 2.84. The van der Waals surface area contributed by atoms with Gasteiger partial charge in [-0.15, -0.1) is 0 Å². The molecule has 0 bridgehead atoms. The van der Waals surface area contributed by atoms with Crippen molar-refractivity contribution in [1.29, 1.82) is 0 Å². The van der Waals surface area contributed by atoms with E-state index in [0.717, 1.165) is 28.4 Å². The van der Waals surface area contributed by atoms with Gasteiger partial charge in [-0.05, 0) is 35.4 Å². The van der Waals surface area contributed by atoms with Crippen molar-refractivity contribution < 1.29 is 0 Å². The van der Waals surface area contributed by atoms with Gasteiger partial charge in [0.05, 0.1) is 0 Å². The molecular formula is C19H21BrN6. The summed E-state index contributed by atoms with van der Waals surface area (Å²) in [5, 5.41) is 7.62. The Morgan fingerprint density at radius 3 is 2.81 bits per heavy atom. The van der Waals surface area contributed by atoms with Crippen LogP contribution in [0.1, 0.15) is 11.1 Å². The van der Waals surface area contributed by atoms with Crippen molar-refractivity contribution in [3.63, 3.8) is 0 Å². The van der Waals surface area contributed by atoms with Gasteiger partial charge < -0.3 is 10.2 Å². The monoisotopic (exact) mass is 412 g/mol. The minimum absolute atomic E-state index is 0.657. The molecule has 0 saturated carbocycles. The van der Waals surface area contributed by atoms with E-state index in [9.17, 15) is 0 Å². The molecule has 0 fully saturated rings. The number of nitrogens with one attached hydrogen (secondary N) is 1. The molecule has 0 amide bonds. The highest BCUT2D eigenvalue weighted by atomic mass is 79.9. The number of aromatic nitrogens is 3. The highest BCUT2D eigenvalue weighted by Crippen LogP contribution is 2.17. The molecule has 134 valence electrons. The maximum absolute atomic E-state index is 4.38. The largest absolute Gasteiger partial charge is 0.352 e. The molecule has 0 spiro atoms. The minimum atomic E-state index is 0.657. The number of benzene rings is 1. The molecule has 0 aliphatic heterocycles. The number of halogens is 1. The van der Waals surface area contributed by atoms with Crippen molar-refractivity contribution in [1.82, 2.24) is 25.0 Å². The smallest absolute Gasteiger partial charge is 0.193 e. The van der Waals surface area contributed by atoms with E-state index < -0.39 is 0 Å². The molecular weight excluding hydrogens is 392 g/mol. The number of guanidine groups is 1. The van der Waals surface area contributed by atoms with Gasteiger partial charge in [-0.3, -0.25) is 4.99 Å². The first kappa shape index (κ1) is 18.1. The van der Waals surface area contributed by atoms with Crippen LogP contribution in [0.4, 0.5) is 0 Å². The van der Waals surface area contributed by atoms with E-state index in [1.807, 2.05) is 49.6 Å². The predicted octanol–water partition coefficient (Wildman–Crippen LogP) is 3.24. The standard InChI is InChI=1S/C19H21BrN6/c1-21-19(25(2)14-16-6-3-4-7-17(16)20)23-13-15-8-10-22-18(12-15)26-11-5-9-24-26/h3-12H,13-14H2,1-2H3,(H,21,23). The Balaban J connectivity index is 1.64. The van der Waals surface area contributed by atoms with Crippen molar-refractivity contribution in [2.45, 2.75) is 13.1 Å². The van der Waals surface area contributed by atoms with Gasteiger partial charge in [0, 0.05) is 50.2 Å². The van der Waals surface area contributed by atoms with Crippen molar-refractivity contribution in [2.24, 2.45) is 4.99 Å². The number of nitrogens with zero attached hydrogens (tertiary/aromatic N) is 5. The Labute approximate surface area is 161 Å². The molecule has 0 atom stereocenters. The van der Waals surface area contributed by atoms with Gasteiger partial charge in [-0.25, -0.2) is 9.67 Å². The summed E-state index contributed by atoms with van der Waals surface area (Å²) >= 11 is 3.60. The zero-order chi connectivity index (χ0) is 18.4. The van der Waals surface area contributed by atoms with Crippen LogP contribution in [-0.2, 0) is 13.1 Å². The lowest BCUT2D eigenvalue weighted by Crippen LogP contribution is -2.38. The van der Waals surface area contributed by atoms with Crippen molar-refractivity contribution in [3.05, 3.63) is 76.7 Å². The first-order chi connectivity index (χ1) is 12.7. The van der Waals surface area contributed by atoms with Gasteiger partial charge in [0.15, 0.2) is 11.8 Å². The molecule has 6 nitrogen and oxygen atoms in total. The third-order valence-corrected chi connectivity index (χ3v) is 4.71. The van der Waals surface area contributed by atoms with Gasteiger partial charge in [0.25, 0.3) is 0 Å². The average Bonchev–Trinajstić information content (AvgIpc) is 3.19. The molecule has 2 aromatic heterocycles. The fourth-order valence-corrected chi connectivity index (χ4v) is 3.03. The SMILES string of the molecule is CN=C(NCc1ccnc(-n2cccn2)c1)N(C)Cc1ccccc1Br. The van der Waals surface area contributed by atoms with E-state index in [1.165, 1.54) is 5.56 Å². The van der Waals surface area contributed by atoms with E-state index >= 15 is 0 Å². The van der Waals surface area contributed by atoms with Crippen molar-refractivity contribution in [3.8, 4) is 5.82 Å². The molecule has 7 heteroatoms. The summed E-state index contributed by atoms with van der Waals surface area (Å²) in [5.41, 5.74) is 2.32. The van der Waals surface area contributed by atoms with Crippen LogP contribution in [0.15, 0.2) is 70.5 Å². The number of hydrogen-bond acceptors (Lipinski definition) is 3. The van der Waals surface area contributed by atoms with Crippen LogP contribution < -0.4 is 5.32 Å². The summed E-state index contributed by atoms with van der Waals surface area (Å²) in [6.45, 7) is 1.42. The number of pyridine rings is 1. The lowest BCUT2D eigenvalue weighted by atomic mass is 10.2. The summed E-state index contributed by atoms with van der Waals surface area (Å²) in [6.07, 6.45) is 5.41. The van der Waals surface area contributed by atoms with E-state index in [1.54, 1.807) is 24.1 Å². The second-order valence-corrected chi connectivity index (χ2v) is 6.68. The molecule has 0 radical (unpaired) electrons. The molecule has 26 heavy (non-hydrogen) atoms. The maximum Gasteiger partial charge on any atom is 0.193 e. The van der Waals surface area contributed by atoms with Crippen LogP contribution in [-0.4, -0.2) is 39.7 Å². The molecule has 0 aliphatic rings. The zero-order valence-corrected chi connectivity index (χ0v) is 16.4. The Hall–Kier alpha value is -2.67. The van der Waals surface area contributed by atoms with Gasteiger partial charge in [-0.1, -0.05) is 34.1 Å². The minimum Gasteiger partial charge on any atom is -0.352 e. The normalized spacial score (nSPS) is 11.4. The van der Waals surface area contributed by atoms with Crippen LogP contribution in [0.2, 0.25) is 0 Å². The molecule has 1 N–H and O–H groups in total. The summed E-state index contributed by atoms with van der Waals surface area (Å²) in [6, 6.07) is 14.1. The highest BCUT2D eigenvalue weighted by Gasteiger charge is 2.09. The second kappa shape index (κ2) is 8.62. The average molecular weight is 413 g/mol. The quantitative estimate of drug-likeness (QED) is 0.516. The molecule has 2 heterocycles. The van der Waals surface area contributed by atoms with Crippen LogP contribution >= 0.6 is 15.9 Å². The number of hydrogen-bond donors (Lipinski definition) is 1. The second-order valence-electron chi connectivity index (χ2n) is 5.82. The van der Waals surface area contributed by atoms with E-state index in [0.29, 0.717) is 6.54 Å². The Kier molecular flexibility index (Phi) is 6.01. The van der Waals surface area contributed by atoms with Gasteiger partial charge >= 0.3 is 0 Å². The first-order valence-electron chi connectivity index (χ1n) is 8.27. The maximum atomic E-state index is 4.38. The number of aliphatic imine (C=N–C) groups is 1. The Morgan fingerprint density at radius 2 is 2.08 bits per heavy atom. The van der Waals surface area contributed by atoms with E-state index in [-0.39, 0.29) is 0 Å². The summed E-state index contributed by atoms with van der Waals surface area (Å²) in [5.74, 6) is 1.63. The molecule has 0 aliphatic carbocycles. The molecule has 0 saturated heterocycles. The van der Waals surface area contributed by atoms with Gasteiger partial charge in [0.2, 0.25) is 0 Å². The number of rotatable bonds is 5. The van der Waals surface area contributed by atoms with Gasteiger partial charge in [-0.2, -0.15) is 5.10 Å². The lowest BCUT2D eigenvalue weighted by molar-refractivity contribution is 0.475.